The van der Waals surface area contributed by atoms with Gasteiger partial charge in [-0.25, -0.2) is 0 Å². The number of aryl methyl sites for hydroxylation is 1. The molecule has 4 rings (SSSR count). The number of carbonyl (C=O) groups excluding carboxylic acids is 3. The van der Waals surface area contributed by atoms with E-state index in [1.807, 2.05) is 73.7 Å². The van der Waals surface area contributed by atoms with Gasteiger partial charge in [0, 0.05) is 24.6 Å². The lowest BCUT2D eigenvalue weighted by atomic mass is 9.88. The van der Waals surface area contributed by atoms with Crippen molar-refractivity contribution in [1.82, 2.24) is 10.2 Å². The molecule has 3 aromatic rings. The molecule has 0 bridgehead atoms. The van der Waals surface area contributed by atoms with Crippen LogP contribution in [0.25, 0.3) is 10.8 Å². The van der Waals surface area contributed by atoms with Gasteiger partial charge >= 0.3 is 0 Å². The number of hydrogen-bond acceptors (Lipinski definition) is 3. The molecule has 1 saturated heterocycles. The molecule has 3 aromatic carbocycles. The molecule has 1 N–H and O–H groups in total. The summed E-state index contributed by atoms with van der Waals surface area (Å²) in [5, 5.41) is 4.91. The molecule has 0 aliphatic carbocycles. The van der Waals surface area contributed by atoms with Crippen LogP contribution in [0.5, 0.6) is 0 Å². The van der Waals surface area contributed by atoms with E-state index in [1.165, 1.54) is 0 Å². The fraction of sp³-hybridized carbons (Fsp3) is 0.296. The van der Waals surface area contributed by atoms with E-state index in [1.54, 1.807) is 4.90 Å². The first-order chi connectivity index (χ1) is 15.5. The zero-order chi connectivity index (χ0) is 22.5. The molecular formula is C27H28N2O3. The Morgan fingerprint density at radius 1 is 0.906 bits per heavy atom. The molecule has 5 nitrogen and oxygen atoms in total. The maximum Gasteiger partial charge on any atom is 0.241 e. The number of carbonyl (C=O) groups is 3. The summed E-state index contributed by atoms with van der Waals surface area (Å²) in [4.78, 5) is 39.5. The van der Waals surface area contributed by atoms with Crippen molar-refractivity contribution in [3.8, 4) is 0 Å². The second-order valence-corrected chi connectivity index (χ2v) is 8.48. The summed E-state index contributed by atoms with van der Waals surface area (Å²) in [6.07, 6.45) is 1.55. The van der Waals surface area contributed by atoms with Gasteiger partial charge in [0.1, 0.15) is 0 Å². The maximum absolute atomic E-state index is 12.7. The monoisotopic (exact) mass is 428 g/mol. The number of rotatable bonds is 6. The zero-order valence-corrected chi connectivity index (χ0v) is 18.3. The highest BCUT2D eigenvalue weighted by atomic mass is 16.2. The molecule has 1 heterocycles. The number of likely N-dealkylation sites (tertiary alicyclic amines) is 1. The van der Waals surface area contributed by atoms with E-state index in [9.17, 15) is 14.4 Å². The van der Waals surface area contributed by atoms with Crippen LogP contribution in [0.15, 0.2) is 66.7 Å². The number of piperidine rings is 1. The van der Waals surface area contributed by atoms with Crippen molar-refractivity contribution in [2.24, 2.45) is 5.92 Å². The fourth-order valence-corrected chi connectivity index (χ4v) is 4.31. The van der Waals surface area contributed by atoms with E-state index in [2.05, 4.69) is 5.32 Å². The van der Waals surface area contributed by atoms with Crippen LogP contribution in [0.4, 0.5) is 0 Å². The number of amides is 2. The van der Waals surface area contributed by atoms with Gasteiger partial charge in [0.2, 0.25) is 11.8 Å². The summed E-state index contributed by atoms with van der Waals surface area (Å²) in [5.41, 5.74) is 2.81. The van der Waals surface area contributed by atoms with Crippen LogP contribution < -0.4 is 5.32 Å². The number of hydrogen-bond donors (Lipinski definition) is 1. The lowest BCUT2D eigenvalue weighted by Crippen LogP contribution is -2.45. The minimum absolute atomic E-state index is 0.0137. The van der Waals surface area contributed by atoms with Crippen molar-refractivity contribution < 1.29 is 14.4 Å². The molecule has 32 heavy (non-hydrogen) atoms. The van der Waals surface area contributed by atoms with Gasteiger partial charge < -0.3 is 10.2 Å². The lowest BCUT2D eigenvalue weighted by Gasteiger charge is -2.31. The predicted octanol–water partition coefficient (Wildman–Crippen LogP) is 3.93. The number of nitrogens with zero attached hydrogens (tertiary/aromatic N) is 1. The number of benzene rings is 3. The quantitative estimate of drug-likeness (QED) is 0.605. The Labute approximate surface area is 188 Å². The number of Topliss-reactive ketones (excluding diaryl/α,β-unsaturated/α-hetero) is 1. The average Bonchev–Trinajstić information content (AvgIpc) is 2.83. The lowest BCUT2D eigenvalue weighted by molar-refractivity contribution is -0.133. The van der Waals surface area contributed by atoms with Crippen molar-refractivity contribution in [2.75, 3.05) is 19.6 Å². The van der Waals surface area contributed by atoms with Crippen LogP contribution in [0.2, 0.25) is 0 Å². The molecule has 0 unspecified atom stereocenters. The first kappa shape index (κ1) is 21.8. The van der Waals surface area contributed by atoms with Crippen LogP contribution in [0.1, 0.15) is 34.3 Å². The normalized spacial score (nSPS) is 14.3. The summed E-state index contributed by atoms with van der Waals surface area (Å²) in [6, 6.07) is 21.5. The van der Waals surface area contributed by atoms with Crippen LogP contribution >= 0.6 is 0 Å². The highest BCUT2D eigenvalue weighted by molar-refractivity contribution is 5.98. The molecule has 1 aliphatic heterocycles. The standard InChI is InChI=1S/C27H28N2O3/c1-19-9-11-21(12-10-19)27(32)22-13-15-29(16-14-22)26(31)18-28-25(30)17-23-7-4-6-20-5-2-3-8-24(20)23/h2-12,22H,13-18H2,1H3,(H,28,30). The SMILES string of the molecule is Cc1ccc(C(=O)C2CCN(C(=O)CNC(=O)Cc3cccc4ccccc34)CC2)cc1. The first-order valence-electron chi connectivity index (χ1n) is 11.1. The maximum atomic E-state index is 12.7. The Bertz CT molecular complexity index is 1120. The highest BCUT2D eigenvalue weighted by Gasteiger charge is 2.28. The molecule has 0 atom stereocenters. The molecule has 0 saturated carbocycles. The second-order valence-electron chi connectivity index (χ2n) is 8.48. The Kier molecular flexibility index (Phi) is 6.64. The van der Waals surface area contributed by atoms with Gasteiger partial charge in [-0.05, 0) is 36.1 Å². The fourth-order valence-electron chi connectivity index (χ4n) is 4.31. The van der Waals surface area contributed by atoms with Crippen molar-refractivity contribution in [3.63, 3.8) is 0 Å². The van der Waals surface area contributed by atoms with Gasteiger partial charge in [0.15, 0.2) is 5.78 Å². The molecular weight excluding hydrogens is 400 g/mol. The van der Waals surface area contributed by atoms with Gasteiger partial charge in [-0.15, -0.1) is 0 Å². The van der Waals surface area contributed by atoms with Crippen LogP contribution in [0.3, 0.4) is 0 Å². The van der Waals surface area contributed by atoms with E-state index in [4.69, 9.17) is 0 Å². The van der Waals surface area contributed by atoms with Crippen molar-refractivity contribution in [3.05, 3.63) is 83.4 Å². The topological polar surface area (TPSA) is 66.5 Å². The Hall–Kier alpha value is -3.47. The van der Waals surface area contributed by atoms with E-state index >= 15 is 0 Å². The molecule has 2 amide bonds. The van der Waals surface area contributed by atoms with E-state index in [0.29, 0.717) is 25.9 Å². The van der Waals surface area contributed by atoms with Gasteiger partial charge in [-0.1, -0.05) is 72.3 Å². The van der Waals surface area contributed by atoms with Gasteiger partial charge in [-0.3, -0.25) is 14.4 Å². The summed E-state index contributed by atoms with van der Waals surface area (Å²) in [7, 11) is 0. The molecule has 164 valence electrons. The van der Waals surface area contributed by atoms with Crippen molar-refractivity contribution in [1.29, 1.82) is 0 Å². The molecule has 0 aromatic heterocycles. The van der Waals surface area contributed by atoms with Gasteiger partial charge in [-0.2, -0.15) is 0 Å². The molecule has 0 radical (unpaired) electrons. The van der Waals surface area contributed by atoms with E-state index < -0.39 is 0 Å². The number of fused-ring (bicyclic) bond motifs is 1. The largest absolute Gasteiger partial charge is 0.347 e. The number of ketones is 1. The Morgan fingerprint density at radius 3 is 2.34 bits per heavy atom. The minimum Gasteiger partial charge on any atom is -0.347 e. The van der Waals surface area contributed by atoms with Crippen LogP contribution in [-0.2, 0) is 16.0 Å². The van der Waals surface area contributed by atoms with Gasteiger partial charge in [0.05, 0.1) is 13.0 Å². The third kappa shape index (κ3) is 5.05. The van der Waals surface area contributed by atoms with Crippen molar-refractivity contribution >= 4 is 28.4 Å². The predicted molar refractivity (Wildman–Crippen MR) is 125 cm³/mol. The average molecular weight is 429 g/mol. The Balaban J connectivity index is 1.25. The number of nitrogens with one attached hydrogen (secondary N) is 1. The molecule has 5 heteroatoms. The second kappa shape index (κ2) is 9.77. The summed E-state index contributed by atoms with van der Waals surface area (Å²) < 4.78 is 0. The van der Waals surface area contributed by atoms with E-state index in [0.717, 1.165) is 27.5 Å². The third-order valence-electron chi connectivity index (χ3n) is 6.22. The van der Waals surface area contributed by atoms with Crippen molar-refractivity contribution in [2.45, 2.75) is 26.2 Å². The third-order valence-corrected chi connectivity index (χ3v) is 6.22. The summed E-state index contributed by atoms with van der Waals surface area (Å²) in [5.74, 6) is -0.167. The highest BCUT2D eigenvalue weighted by Crippen LogP contribution is 2.22. The van der Waals surface area contributed by atoms with E-state index in [-0.39, 0.29) is 36.5 Å². The smallest absolute Gasteiger partial charge is 0.241 e. The zero-order valence-electron chi connectivity index (χ0n) is 18.3. The van der Waals surface area contributed by atoms with Crippen LogP contribution in [0, 0.1) is 12.8 Å². The summed E-state index contributed by atoms with van der Waals surface area (Å²) in [6.45, 7) is 3.07. The summed E-state index contributed by atoms with van der Waals surface area (Å²) >= 11 is 0. The van der Waals surface area contributed by atoms with Crippen LogP contribution in [-0.4, -0.2) is 42.1 Å². The van der Waals surface area contributed by atoms with Gasteiger partial charge in [0.25, 0.3) is 0 Å². The first-order valence-corrected chi connectivity index (χ1v) is 11.1. The Morgan fingerprint density at radius 2 is 1.59 bits per heavy atom. The molecule has 1 aliphatic rings. The molecule has 0 spiro atoms. The minimum atomic E-state index is -0.167. The molecule has 1 fully saturated rings.